The molecule has 1 aliphatic carbocycles. The largest absolute Gasteiger partial charge is 0.508 e. The topological polar surface area (TPSA) is 58.6 Å². The Balaban J connectivity index is 1.72. The van der Waals surface area contributed by atoms with Gasteiger partial charge in [0, 0.05) is 5.70 Å². The SMILES string of the molecule is Cc1cc(Oc2c(C)cc(CC(=O)NC3=CCCC=C3)cc2C)ccc1O. The molecular weight excluding hydrogens is 338 g/mol. The molecule has 0 saturated carbocycles. The molecule has 4 heteroatoms. The molecular formula is C23H25NO3. The van der Waals surface area contributed by atoms with Crippen LogP contribution in [0.2, 0.25) is 0 Å². The summed E-state index contributed by atoms with van der Waals surface area (Å²) in [5.41, 5.74) is 4.54. The van der Waals surface area contributed by atoms with Crippen molar-refractivity contribution in [3.8, 4) is 17.2 Å². The van der Waals surface area contributed by atoms with Gasteiger partial charge in [0.1, 0.15) is 17.2 Å². The molecule has 1 amide bonds. The van der Waals surface area contributed by atoms with Gasteiger partial charge in [0.25, 0.3) is 0 Å². The molecule has 0 fully saturated rings. The van der Waals surface area contributed by atoms with Crippen LogP contribution < -0.4 is 10.1 Å². The number of aromatic hydroxyl groups is 1. The summed E-state index contributed by atoms with van der Waals surface area (Å²) in [4.78, 5) is 12.3. The molecule has 2 aromatic carbocycles. The fourth-order valence-corrected chi connectivity index (χ4v) is 3.21. The lowest BCUT2D eigenvalue weighted by Gasteiger charge is -2.15. The first-order valence-corrected chi connectivity index (χ1v) is 9.16. The Labute approximate surface area is 160 Å². The normalized spacial score (nSPS) is 13.2. The zero-order valence-corrected chi connectivity index (χ0v) is 16.0. The van der Waals surface area contributed by atoms with Gasteiger partial charge in [-0.05, 0) is 80.1 Å². The minimum atomic E-state index is -0.0190. The lowest BCUT2D eigenvalue weighted by atomic mass is 10.0. The number of carbonyl (C=O) groups is 1. The number of allylic oxidation sites excluding steroid dienone is 3. The first-order chi connectivity index (χ1) is 12.9. The van der Waals surface area contributed by atoms with Crippen LogP contribution in [-0.4, -0.2) is 11.0 Å². The van der Waals surface area contributed by atoms with E-state index in [-0.39, 0.29) is 11.7 Å². The summed E-state index contributed by atoms with van der Waals surface area (Å²) in [6, 6.07) is 9.15. The summed E-state index contributed by atoms with van der Waals surface area (Å²) in [7, 11) is 0. The van der Waals surface area contributed by atoms with Gasteiger partial charge in [-0.25, -0.2) is 0 Å². The molecule has 4 nitrogen and oxygen atoms in total. The van der Waals surface area contributed by atoms with E-state index in [1.165, 1.54) is 0 Å². The molecule has 140 valence electrons. The smallest absolute Gasteiger partial charge is 0.228 e. The fraction of sp³-hybridized carbons (Fsp3) is 0.261. The van der Waals surface area contributed by atoms with Crippen molar-refractivity contribution in [1.29, 1.82) is 0 Å². The lowest BCUT2D eigenvalue weighted by Crippen LogP contribution is -2.24. The average Bonchev–Trinajstić information content (AvgIpc) is 2.62. The number of amides is 1. The molecule has 0 heterocycles. The number of aryl methyl sites for hydroxylation is 3. The summed E-state index contributed by atoms with van der Waals surface area (Å²) >= 11 is 0. The molecule has 2 aromatic rings. The van der Waals surface area contributed by atoms with Crippen LogP contribution in [0.4, 0.5) is 0 Å². The van der Waals surface area contributed by atoms with E-state index in [0.29, 0.717) is 12.2 Å². The molecule has 0 unspecified atom stereocenters. The lowest BCUT2D eigenvalue weighted by molar-refractivity contribution is -0.119. The monoisotopic (exact) mass is 363 g/mol. The van der Waals surface area contributed by atoms with E-state index in [2.05, 4.69) is 11.4 Å². The summed E-state index contributed by atoms with van der Waals surface area (Å²) < 4.78 is 6.03. The van der Waals surface area contributed by atoms with E-state index in [1.807, 2.05) is 45.1 Å². The number of benzene rings is 2. The highest BCUT2D eigenvalue weighted by Gasteiger charge is 2.12. The molecule has 0 spiro atoms. The van der Waals surface area contributed by atoms with Gasteiger partial charge in [-0.15, -0.1) is 0 Å². The number of phenols is 1. The zero-order chi connectivity index (χ0) is 19.4. The van der Waals surface area contributed by atoms with E-state index in [0.717, 1.165) is 46.5 Å². The summed E-state index contributed by atoms with van der Waals surface area (Å²) in [6.45, 7) is 5.79. The van der Waals surface area contributed by atoms with Crippen molar-refractivity contribution in [2.75, 3.05) is 0 Å². The fourth-order valence-electron chi connectivity index (χ4n) is 3.21. The molecule has 3 rings (SSSR count). The molecule has 1 aliphatic rings. The van der Waals surface area contributed by atoms with E-state index in [9.17, 15) is 9.90 Å². The van der Waals surface area contributed by atoms with Gasteiger partial charge in [0.2, 0.25) is 5.91 Å². The van der Waals surface area contributed by atoms with Crippen LogP contribution in [0, 0.1) is 20.8 Å². The predicted molar refractivity (Wildman–Crippen MR) is 107 cm³/mol. The number of ether oxygens (including phenoxy) is 1. The van der Waals surface area contributed by atoms with Crippen LogP contribution in [0.5, 0.6) is 17.2 Å². The van der Waals surface area contributed by atoms with Crippen LogP contribution in [0.3, 0.4) is 0 Å². The summed E-state index contributed by atoms with van der Waals surface area (Å²) in [5.74, 6) is 1.69. The Morgan fingerprint density at radius 2 is 1.81 bits per heavy atom. The maximum Gasteiger partial charge on any atom is 0.228 e. The number of carbonyl (C=O) groups excluding carboxylic acids is 1. The van der Waals surface area contributed by atoms with Crippen molar-refractivity contribution < 1.29 is 14.6 Å². The Kier molecular flexibility index (Phi) is 5.65. The third kappa shape index (κ3) is 4.79. The average molecular weight is 363 g/mol. The molecule has 27 heavy (non-hydrogen) atoms. The van der Waals surface area contributed by atoms with Crippen molar-refractivity contribution in [2.24, 2.45) is 0 Å². The van der Waals surface area contributed by atoms with Crippen LogP contribution in [0.15, 0.2) is 54.3 Å². The van der Waals surface area contributed by atoms with Crippen molar-refractivity contribution in [3.05, 3.63) is 76.5 Å². The van der Waals surface area contributed by atoms with Crippen LogP contribution >= 0.6 is 0 Å². The van der Waals surface area contributed by atoms with Gasteiger partial charge >= 0.3 is 0 Å². The number of rotatable bonds is 5. The van der Waals surface area contributed by atoms with E-state index in [4.69, 9.17) is 4.74 Å². The van der Waals surface area contributed by atoms with E-state index in [1.54, 1.807) is 18.2 Å². The van der Waals surface area contributed by atoms with Gasteiger partial charge in [-0.1, -0.05) is 24.3 Å². The van der Waals surface area contributed by atoms with Crippen molar-refractivity contribution in [3.63, 3.8) is 0 Å². The molecule has 0 atom stereocenters. The van der Waals surface area contributed by atoms with Crippen LogP contribution in [0.1, 0.15) is 35.1 Å². The number of hydrogen-bond acceptors (Lipinski definition) is 3. The number of phenolic OH excluding ortho intramolecular Hbond substituents is 1. The van der Waals surface area contributed by atoms with Gasteiger partial charge in [-0.2, -0.15) is 0 Å². The first kappa shape index (κ1) is 18.8. The molecule has 0 saturated heterocycles. The van der Waals surface area contributed by atoms with E-state index >= 15 is 0 Å². The van der Waals surface area contributed by atoms with Gasteiger partial charge in [-0.3, -0.25) is 4.79 Å². The highest BCUT2D eigenvalue weighted by Crippen LogP contribution is 2.32. The number of nitrogens with one attached hydrogen (secondary N) is 1. The Morgan fingerprint density at radius 1 is 1.07 bits per heavy atom. The number of hydrogen-bond donors (Lipinski definition) is 2. The predicted octanol–water partition coefficient (Wildman–Crippen LogP) is 5.00. The third-order valence-corrected chi connectivity index (χ3v) is 4.55. The second-order valence-corrected chi connectivity index (χ2v) is 6.97. The molecule has 2 N–H and O–H groups in total. The second-order valence-electron chi connectivity index (χ2n) is 6.97. The van der Waals surface area contributed by atoms with Crippen LogP contribution in [0.25, 0.3) is 0 Å². The van der Waals surface area contributed by atoms with Crippen LogP contribution in [-0.2, 0) is 11.2 Å². The Bertz CT molecular complexity index is 902. The Hall–Kier alpha value is -3.01. The highest BCUT2D eigenvalue weighted by atomic mass is 16.5. The van der Waals surface area contributed by atoms with Gasteiger partial charge in [0.05, 0.1) is 6.42 Å². The Morgan fingerprint density at radius 3 is 2.44 bits per heavy atom. The van der Waals surface area contributed by atoms with Gasteiger partial charge < -0.3 is 15.2 Å². The molecule has 0 bridgehead atoms. The van der Waals surface area contributed by atoms with E-state index < -0.39 is 0 Å². The van der Waals surface area contributed by atoms with Crippen molar-refractivity contribution in [1.82, 2.24) is 5.32 Å². The quantitative estimate of drug-likeness (QED) is 0.786. The highest BCUT2D eigenvalue weighted by molar-refractivity contribution is 5.81. The zero-order valence-electron chi connectivity index (χ0n) is 16.0. The molecule has 0 aromatic heterocycles. The minimum Gasteiger partial charge on any atom is -0.508 e. The minimum absolute atomic E-state index is 0.0190. The van der Waals surface area contributed by atoms with Crippen molar-refractivity contribution >= 4 is 5.91 Å². The maximum atomic E-state index is 12.3. The summed E-state index contributed by atoms with van der Waals surface area (Å²) in [5, 5.41) is 12.6. The van der Waals surface area contributed by atoms with Crippen molar-refractivity contribution in [2.45, 2.75) is 40.0 Å². The molecule has 0 radical (unpaired) electrons. The second kappa shape index (κ2) is 8.12. The maximum absolute atomic E-state index is 12.3. The molecule has 0 aliphatic heterocycles. The summed E-state index contributed by atoms with van der Waals surface area (Å²) in [6.07, 6.45) is 8.39. The standard InChI is InChI=1S/C23H25NO3/c1-15-13-20(9-10-21(15)25)27-23-16(2)11-18(12-17(23)3)14-22(26)24-19-7-5-4-6-8-19/h5,7-13,25H,4,6,14H2,1-3H3,(H,24,26). The van der Waals surface area contributed by atoms with Gasteiger partial charge in [0.15, 0.2) is 0 Å². The first-order valence-electron chi connectivity index (χ1n) is 9.16. The third-order valence-electron chi connectivity index (χ3n) is 4.55.